The minimum Gasteiger partial charge on any atom is -0.369 e. The quantitative estimate of drug-likeness (QED) is 0.352. The number of H-pyrrole nitrogens is 1. The Morgan fingerprint density at radius 1 is 0.875 bits per heavy atom. The lowest BCUT2D eigenvalue weighted by Gasteiger charge is -2.37. The number of piperazine rings is 1. The number of anilines is 1. The van der Waals surface area contributed by atoms with E-state index in [2.05, 4.69) is 104 Å². The molecule has 2 N–H and O–H groups in total. The molecule has 3 heterocycles. The molecule has 0 bridgehead atoms. The third kappa shape index (κ3) is 6.49. The molecule has 3 aromatic rings. The summed E-state index contributed by atoms with van der Waals surface area (Å²) in [4.78, 5) is 23.4. The first-order chi connectivity index (χ1) is 19.0. The lowest BCUT2D eigenvalue weighted by molar-refractivity contribution is 0.191. The number of hydrogen-bond acceptors (Lipinski definition) is 3. The van der Waals surface area contributed by atoms with Gasteiger partial charge in [0.05, 0.1) is 6.54 Å². The fraction of sp³-hybridized carbons (Fsp3) is 0.559. The first kappa shape index (κ1) is 28.5. The molecule has 2 amide bonds. The molecule has 0 unspecified atom stereocenters. The molecular weight excluding hydrogens is 494 g/mol. The van der Waals surface area contributed by atoms with Gasteiger partial charge in [-0.05, 0) is 71.5 Å². The van der Waals surface area contributed by atoms with Crippen molar-refractivity contribution in [2.45, 2.75) is 78.2 Å². The van der Waals surface area contributed by atoms with Crippen molar-refractivity contribution in [3.63, 3.8) is 0 Å². The van der Waals surface area contributed by atoms with Crippen LogP contribution in [0.4, 0.5) is 10.5 Å². The molecule has 2 aliphatic rings. The van der Waals surface area contributed by atoms with Gasteiger partial charge in [0, 0.05) is 61.6 Å². The van der Waals surface area contributed by atoms with Crippen LogP contribution in [0, 0.1) is 0 Å². The number of carbonyl (C=O) groups is 1. The smallest absolute Gasteiger partial charge is 0.317 e. The SMILES string of the molecule is CC(C)(C)c1cc(N2CCN(CCCCNC(=O)N3CCc4c([nH]c5ccccc45)C3)CC2)cc(C(C)(C)C)c1. The van der Waals surface area contributed by atoms with E-state index in [1.165, 1.54) is 39.0 Å². The van der Waals surface area contributed by atoms with E-state index in [1.807, 2.05) is 4.90 Å². The summed E-state index contributed by atoms with van der Waals surface area (Å²) in [6.07, 6.45) is 3.04. The average molecular weight is 544 g/mol. The minimum absolute atomic E-state index is 0.0602. The Labute approximate surface area is 241 Å². The van der Waals surface area contributed by atoms with Crippen molar-refractivity contribution < 1.29 is 4.79 Å². The van der Waals surface area contributed by atoms with Gasteiger partial charge in [-0.2, -0.15) is 0 Å². The van der Waals surface area contributed by atoms with Crippen molar-refractivity contribution in [1.29, 1.82) is 0 Å². The van der Waals surface area contributed by atoms with Gasteiger partial charge >= 0.3 is 6.03 Å². The van der Waals surface area contributed by atoms with Crippen molar-refractivity contribution in [3.8, 4) is 0 Å². The van der Waals surface area contributed by atoms with Gasteiger partial charge in [0.2, 0.25) is 0 Å². The Kier molecular flexibility index (Phi) is 8.19. The van der Waals surface area contributed by atoms with Crippen LogP contribution >= 0.6 is 0 Å². The maximum Gasteiger partial charge on any atom is 0.317 e. The van der Waals surface area contributed by atoms with E-state index in [-0.39, 0.29) is 16.9 Å². The number of urea groups is 1. The highest BCUT2D eigenvalue weighted by molar-refractivity contribution is 5.85. The summed E-state index contributed by atoms with van der Waals surface area (Å²) < 4.78 is 0. The van der Waals surface area contributed by atoms with Crippen molar-refractivity contribution in [2.24, 2.45) is 0 Å². The first-order valence-electron chi connectivity index (χ1n) is 15.2. The van der Waals surface area contributed by atoms with Crippen LogP contribution in [-0.4, -0.2) is 66.6 Å². The fourth-order valence-corrected chi connectivity index (χ4v) is 6.02. The molecule has 2 aromatic carbocycles. The van der Waals surface area contributed by atoms with Gasteiger partial charge in [-0.15, -0.1) is 0 Å². The predicted octanol–water partition coefficient (Wildman–Crippen LogP) is 6.43. The number of aromatic amines is 1. The maximum absolute atomic E-state index is 12.8. The summed E-state index contributed by atoms with van der Waals surface area (Å²) in [5.41, 5.74) is 8.22. The number of benzene rings is 2. The highest BCUT2D eigenvalue weighted by atomic mass is 16.2. The van der Waals surface area contributed by atoms with Crippen LogP contribution in [0.1, 0.15) is 76.8 Å². The van der Waals surface area contributed by atoms with Crippen LogP contribution in [0.2, 0.25) is 0 Å². The summed E-state index contributed by atoms with van der Waals surface area (Å²) in [5, 5.41) is 4.46. The van der Waals surface area contributed by atoms with Crippen molar-refractivity contribution in [2.75, 3.05) is 50.7 Å². The van der Waals surface area contributed by atoms with Crippen LogP contribution < -0.4 is 10.2 Å². The number of aromatic nitrogens is 1. The van der Waals surface area contributed by atoms with Gasteiger partial charge in [-0.3, -0.25) is 4.90 Å². The number of carbonyl (C=O) groups excluding carboxylic acids is 1. The van der Waals surface area contributed by atoms with Gasteiger partial charge < -0.3 is 20.1 Å². The predicted molar refractivity (Wildman–Crippen MR) is 168 cm³/mol. The second-order valence-corrected chi connectivity index (χ2v) is 13.8. The number of hydrogen-bond donors (Lipinski definition) is 2. The normalized spacial score (nSPS) is 16.9. The Morgan fingerprint density at radius 3 is 2.23 bits per heavy atom. The molecule has 0 atom stereocenters. The van der Waals surface area contributed by atoms with Crippen LogP contribution in [0.25, 0.3) is 10.9 Å². The molecule has 2 aliphatic heterocycles. The maximum atomic E-state index is 12.8. The van der Waals surface area contributed by atoms with Gasteiger partial charge in [0.1, 0.15) is 0 Å². The summed E-state index contributed by atoms with van der Waals surface area (Å²) in [6.45, 7) is 21.5. The Balaban J connectivity index is 1.04. The molecule has 0 radical (unpaired) electrons. The van der Waals surface area contributed by atoms with Gasteiger partial charge in [-0.1, -0.05) is 65.8 Å². The monoisotopic (exact) mass is 543 g/mol. The van der Waals surface area contributed by atoms with E-state index in [1.54, 1.807) is 0 Å². The zero-order chi connectivity index (χ0) is 28.5. The van der Waals surface area contributed by atoms with Crippen molar-refractivity contribution in [1.82, 2.24) is 20.1 Å². The van der Waals surface area contributed by atoms with E-state index >= 15 is 0 Å². The zero-order valence-electron chi connectivity index (χ0n) is 25.6. The summed E-state index contributed by atoms with van der Waals surface area (Å²) >= 11 is 0. The molecule has 0 saturated carbocycles. The molecule has 0 spiro atoms. The van der Waals surface area contributed by atoms with E-state index in [4.69, 9.17) is 0 Å². The van der Waals surface area contributed by atoms with E-state index in [0.717, 1.165) is 65.1 Å². The molecule has 40 heavy (non-hydrogen) atoms. The highest BCUT2D eigenvalue weighted by Crippen LogP contribution is 2.34. The zero-order valence-corrected chi connectivity index (χ0v) is 25.6. The summed E-state index contributed by atoms with van der Waals surface area (Å²) in [6, 6.07) is 15.7. The molecular formula is C34H49N5O. The number of rotatable bonds is 6. The standard InChI is InChI=1S/C34H49N5O/c1-33(2,3)25-21-26(34(4,5)6)23-27(22-25)38-19-17-37(18-20-38)15-10-9-14-35-32(40)39-16-13-29-28-11-7-8-12-30(28)36-31(29)24-39/h7-8,11-12,21-23,36H,9-10,13-20,24H2,1-6H3,(H,35,40). The Morgan fingerprint density at radius 2 is 1.55 bits per heavy atom. The summed E-state index contributed by atoms with van der Waals surface area (Å²) in [5.74, 6) is 0. The number of amides is 2. The van der Waals surface area contributed by atoms with Crippen LogP contribution in [0.5, 0.6) is 0 Å². The molecule has 5 rings (SSSR count). The Hall–Kier alpha value is -2.99. The average Bonchev–Trinajstić information content (AvgIpc) is 3.30. The van der Waals surface area contributed by atoms with Gasteiger partial charge in [0.25, 0.3) is 0 Å². The van der Waals surface area contributed by atoms with Gasteiger partial charge in [0.15, 0.2) is 0 Å². The number of fused-ring (bicyclic) bond motifs is 3. The van der Waals surface area contributed by atoms with Crippen LogP contribution in [-0.2, 0) is 23.8 Å². The molecule has 1 saturated heterocycles. The molecule has 1 fully saturated rings. The minimum atomic E-state index is 0.0602. The van der Waals surface area contributed by atoms with Crippen LogP contribution in [0.15, 0.2) is 42.5 Å². The third-order valence-electron chi connectivity index (χ3n) is 8.73. The largest absolute Gasteiger partial charge is 0.369 e. The number of nitrogens with one attached hydrogen (secondary N) is 2. The molecule has 6 heteroatoms. The van der Waals surface area contributed by atoms with Crippen molar-refractivity contribution >= 4 is 22.6 Å². The van der Waals surface area contributed by atoms with Crippen LogP contribution in [0.3, 0.4) is 0 Å². The topological polar surface area (TPSA) is 54.6 Å². The molecule has 6 nitrogen and oxygen atoms in total. The molecule has 1 aromatic heterocycles. The fourth-order valence-electron chi connectivity index (χ4n) is 6.02. The lowest BCUT2D eigenvalue weighted by Crippen LogP contribution is -2.47. The number of unbranched alkanes of at least 4 members (excludes halogenated alkanes) is 1. The second kappa shape index (κ2) is 11.5. The lowest BCUT2D eigenvalue weighted by atomic mass is 9.80. The molecule has 0 aliphatic carbocycles. The highest BCUT2D eigenvalue weighted by Gasteiger charge is 2.25. The van der Waals surface area contributed by atoms with E-state index < -0.39 is 0 Å². The molecule has 216 valence electrons. The second-order valence-electron chi connectivity index (χ2n) is 13.8. The first-order valence-corrected chi connectivity index (χ1v) is 15.2. The van der Waals surface area contributed by atoms with E-state index in [0.29, 0.717) is 6.54 Å². The van der Waals surface area contributed by atoms with Gasteiger partial charge in [-0.25, -0.2) is 4.79 Å². The number of para-hydroxylation sites is 1. The van der Waals surface area contributed by atoms with Crippen molar-refractivity contribution in [3.05, 3.63) is 64.8 Å². The van der Waals surface area contributed by atoms with E-state index in [9.17, 15) is 4.79 Å². The summed E-state index contributed by atoms with van der Waals surface area (Å²) in [7, 11) is 0. The Bertz CT molecular complexity index is 1290. The number of nitrogens with zero attached hydrogens (tertiary/aromatic N) is 3. The third-order valence-corrected chi connectivity index (χ3v) is 8.73.